The largest absolute Gasteiger partial charge is 0.204 e. The van der Waals surface area contributed by atoms with Gasteiger partial charge in [0.05, 0.1) is 0 Å². The third-order valence-corrected chi connectivity index (χ3v) is 7.02. The lowest BCUT2D eigenvalue weighted by Gasteiger charge is -2.38. The molecule has 0 spiro atoms. The molecule has 1 aromatic carbocycles. The molecule has 3 saturated carbocycles. The van der Waals surface area contributed by atoms with E-state index in [1.54, 1.807) is 0 Å². The third-order valence-electron chi connectivity index (χ3n) is 7.02. The van der Waals surface area contributed by atoms with Crippen LogP contribution < -0.4 is 0 Å². The number of rotatable bonds is 3. The molecule has 3 aliphatic carbocycles. The SMILES string of the molecule is Fc1cc(C2CCC(C3CCC(C4CC4)CC3)CC2)cc(F)c1F. The molecule has 0 N–H and O–H groups in total. The predicted octanol–water partition coefficient (Wildman–Crippen LogP) is 6.59. The molecule has 0 amide bonds. The van der Waals surface area contributed by atoms with Gasteiger partial charge in [0.2, 0.25) is 0 Å². The summed E-state index contributed by atoms with van der Waals surface area (Å²) in [6.45, 7) is 0. The van der Waals surface area contributed by atoms with Gasteiger partial charge in [0.1, 0.15) is 0 Å². The summed E-state index contributed by atoms with van der Waals surface area (Å²) in [4.78, 5) is 0. The summed E-state index contributed by atoms with van der Waals surface area (Å²) in [6.07, 6.45) is 12.8. The topological polar surface area (TPSA) is 0 Å². The Morgan fingerprint density at radius 3 is 1.25 bits per heavy atom. The summed E-state index contributed by atoms with van der Waals surface area (Å²) >= 11 is 0. The summed E-state index contributed by atoms with van der Waals surface area (Å²) < 4.78 is 40.0. The molecule has 3 fully saturated rings. The van der Waals surface area contributed by atoms with Gasteiger partial charge in [0.15, 0.2) is 17.5 Å². The van der Waals surface area contributed by atoms with Gasteiger partial charge in [-0.3, -0.25) is 0 Å². The molecule has 3 aliphatic rings. The van der Waals surface area contributed by atoms with Crippen molar-refractivity contribution in [3.8, 4) is 0 Å². The molecule has 0 radical (unpaired) electrons. The van der Waals surface area contributed by atoms with Crippen molar-refractivity contribution in [2.24, 2.45) is 23.7 Å². The van der Waals surface area contributed by atoms with Gasteiger partial charge in [-0.1, -0.05) is 0 Å². The van der Waals surface area contributed by atoms with Crippen LogP contribution in [-0.4, -0.2) is 0 Å². The van der Waals surface area contributed by atoms with E-state index in [2.05, 4.69) is 0 Å². The average Bonchev–Trinajstić information content (AvgIpc) is 3.45. The maximum atomic E-state index is 13.5. The van der Waals surface area contributed by atoms with Crippen LogP contribution in [0.5, 0.6) is 0 Å². The Labute approximate surface area is 142 Å². The van der Waals surface area contributed by atoms with Crippen molar-refractivity contribution in [1.82, 2.24) is 0 Å². The van der Waals surface area contributed by atoms with Crippen molar-refractivity contribution in [3.05, 3.63) is 35.1 Å². The maximum Gasteiger partial charge on any atom is 0.194 e. The van der Waals surface area contributed by atoms with E-state index in [4.69, 9.17) is 0 Å². The van der Waals surface area contributed by atoms with Crippen LogP contribution in [0.25, 0.3) is 0 Å². The van der Waals surface area contributed by atoms with Gasteiger partial charge in [-0.05, 0) is 111 Å². The second kappa shape index (κ2) is 6.72. The fourth-order valence-electron chi connectivity index (χ4n) is 5.39. The Kier molecular flexibility index (Phi) is 4.62. The Morgan fingerprint density at radius 1 is 0.542 bits per heavy atom. The summed E-state index contributed by atoms with van der Waals surface area (Å²) in [5.74, 6) is 0.441. The highest BCUT2D eigenvalue weighted by Crippen LogP contribution is 2.49. The number of benzene rings is 1. The normalized spacial score (nSPS) is 34.3. The van der Waals surface area contributed by atoms with Crippen molar-refractivity contribution < 1.29 is 13.2 Å². The van der Waals surface area contributed by atoms with Gasteiger partial charge < -0.3 is 0 Å². The molecule has 0 saturated heterocycles. The second-order valence-corrected chi connectivity index (χ2v) is 8.42. The van der Waals surface area contributed by atoms with E-state index in [1.165, 1.54) is 50.7 Å². The van der Waals surface area contributed by atoms with E-state index in [9.17, 15) is 13.2 Å². The van der Waals surface area contributed by atoms with E-state index in [0.29, 0.717) is 5.56 Å². The van der Waals surface area contributed by atoms with Gasteiger partial charge in [0.25, 0.3) is 0 Å². The lowest BCUT2D eigenvalue weighted by Crippen LogP contribution is -2.26. The predicted molar refractivity (Wildman–Crippen MR) is 89.2 cm³/mol. The molecule has 24 heavy (non-hydrogen) atoms. The molecule has 0 aliphatic heterocycles. The molecule has 1 aromatic rings. The minimum atomic E-state index is -1.35. The Morgan fingerprint density at radius 2 is 0.875 bits per heavy atom. The quantitative estimate of drug-likeness (QED) is 0.546. The highest BCUT2D eigenvalue weighted by Gasteiger charge is 2.36. The Balaban J connectivity index is 1.32. The van der Waals surface area contributed by atoms with Crippen molar-refractivity contribution in [3.63, 3.8) is 0 Å². The van der Waals surface area contributed by atoms with Crippen molar-refractivity contribution in [2.45, 2.75) is 70.1 Å². The van der Waals surface area contributed by atoms with E-state index < -0.39 is 17.5 Å². The van der Waals surface area contributed by atoms with Crippen LogP contribution in [0.1, 0.15) is 75.7 Å². The van der Waals surface area contributed by atoms with E-state index >= 15 is 0 Å². The number of halogens is 3. The van der Waals surface area contributed by atoms with Crippen LogP contribution in [-0.2, 0) is 0 Å². The fraction of sp³-hybridized carbons (Fsp3) is 0.714. The molecule has 132 valence electrons. The van der Waals surface area contributed by atoms with Gasteiger partial charge >= 0.3 is 0 Å². The number of hydrogen-bond donors (Lipinski definition) is 0. The lowest BCUT2D eigenvalue weighted by molar-refractivity contribution is 0.152. The number of hydrogen-bond acceptors (Lipinski definition) is 0. The monoisotopic (exact) mass is 336 g/mol. The summed E-state index contributed by atoms with van der Waals surface area (Å²) in [5.41, 5.74) is 0.641. The molecule has 0 unspecified atom stereocenters. The summed E-state index contributed by atoms with van der Waals surface area (Å²) in [6, 6.07) is 2.40. The highest BCUT2D eigenvalue weighted by molar-refractivity contribution is 5.23. The van der Waals surface area contributed by atoms with Crippen LogP contribution in [0, 0.1) is 41.1 Å². The smallest absolute Gasteiger partial charge is 0.194 e. The molecule has 4 rings (SSSR count). The minimum absolute atomic E-state index is 0.189. The second-order valence-electron chi connectivity index (χ2n) is 8.42. The van der Waals surface area contributed by atoms with Crippen LogP contribution >= 0.6 is 0 Å². The highest BCUT2D eigenvalue weighted by atomic mass is 19.2. The first-order valence-electron chi connectivity index (χ1n) is 9.76. The van der Waals surface area contributed by atoms with Gasteiger partial charge in [-0.2, -0.15) is 0 Å². The minimum Gasteiger partial charge on any atom is -0.204 e. The van der Waals surface area contributed by atoms with Crippen molar-refractivity contribution >= 4 is 0 Å². The molecule has 3 heteroatoms. The Hall–Kier alpha value is -0.990. The molecule has 0 atom stereocenters. The van der Waals surface area contributed by atoms with Gasteiger partial charge in [-0.25, -0.2) is 13.2 Å². The van der Waals surface area contributed by atoms with Crippen LogP contribution in [0.2, 0.25) is 0 Å². The van der Waals surface area contributed by atoms with Crippen LogP contribution in [0.15, 0.2) is 12.1 Å². The van der Waals surface area contributed by atoms with E-state index in [0.717, 1.165) is 49.4 Å². The first-order valence-corrected chi connectivity index (χ1v) is 9.76. The zero-order valence-electron chi connectivity index (χ0n) is 14.2. The van der Waals surface area contributed by atoms with Gasteiger partial charge in [0, 0.05) is 0 Å². The van der Waals surface area contributed by atoms with E-state index in [1.807, 2.05) is 0 Å². The molecule has 0 heterocycles. The van der Waals surface area contributed by atoms with Crippen LogP contribution in [0.4, 0.5) is 13.2 Å². The molecular weight excluding hydrogens is 309 g/mol. The molecule has 0 bridgehead atoms. The Bertz CT molecular complexity index is 554. The fourth-order valence-corrected chi connectivity index (χ4v) is 5.39. The van der Waals surface area contributed by atoms with E-state index in [-0.39, 0.29) is 5.92 Å². The molecule has 0 aromatic heterocycles. The summed E-state index contributed by atoms with van der Waals surface area (Å²) in [7, 11) is 0. The molecular formula is C21H27F3. The lowest BCUT2D eigenvalue weighted by atomic mass is 9.68. The summed E-state index contributed by atoms with van der Waals surface area (Å²) in [5, 5.41) is 0. The van der Waals surface area contributed by atoms with Crippen molar-refractivity contribution in [1.29, 1.82) is 0 Å². The standard InChI is InChI=1S/C21H27F3/c22-19-11-18(12-20(23)21(19)24)17-9-7-16(8-10-17)15-5-3-14(4-6-15)13-1-2-13/h11-17H,1-10H2. The zero-order valence-corrected chi connectivity index (χ0v) is 14.2. The van der Waals surface area contributed by atoms with Crippen LogP contribution in [0.3, 0.4) is 0 Å². The third kappa shape index (κ3) is 3.36. The maximum absolute atomic E-state index is 13.5. The zero-order chi connectivity index (χ0) is 16.7. The first-order chi connectivity index (χ1) is 11.6. The van der Waals surface area contributed by atoms with Gasteiger partial charge in [-0.15, -0.1) is 0 Å². The average molecular weight is 336 g/mol. The van der Waals surface area contributed by atoms with Crippen molar-refractivity contribution in [2.75, 3.05) is 0 Å². The molecule has 0 nitrogen and oxygen atoms in total. The first kappa shape index (κ1) is 16.5.